The maximum atomic E-state index is 12.2. The average Bonchev–Trinajstić information content (AvgIpc) is 2.72. The van der Waals surface area contributed by atoms with Gasteiger partial charge in [0.15, 0.2) is 11.5 Å². The number of rotatable bonds is 5. The van der Waals surface area contributed by atoms with Crippen molar-refractivity contribution < 1.29 is 22.7 Å². The Balaban J connectivity index is 1.48. The molecular formula is C19H18F3N5O2. The molecule has 0 unspecified atom stereocenters. The van der Waals surface area contributed by atoms with Crippen LogP contribution in [-0.4, -0.2) is 41.9 Å². The molecule has 3 rings (SSSR count). The Bertz CT molecular complexity index is 888. The Labute approximate surface area is 165 Å². The zero-order valence-corrected chi connectivity index (χ0v) is 15.3. The number of carbonyl (C=O) groups excluding carboxylic acids is 1. The summed E-state index contributed by atoms with van der Waals surface area (Å²) in [4.78, 5) is 22.5. The summed E-state index contributed by atoms with van der Waals surface area (Å²) in [6.07, 6.45) is -0.127. The van der Waals surface area contributed by atoms with Crippen molar-refractivity contribution in [3.8, 4) is 11.8 Å². The Morgan fingerprint density at radius 3 is 2.48 bits per heavy atom. The van der Waals surface area contributed by atoms with Crippen LogP contribution in [0.25, 0.3) is 0 Å². The fraction of sp³-hybridized carbons (Fsp3) is 0.368. The lowest BCUT2D eigenvalue weighted by Crippen LogP contribution is -2.39. The van der Waals surface area contributed by atoms with E-state index in [1.165, 1.54) is 18.3 Å². The Kier molecular flexibility index (Phi) is 6.16. The summed E-state index contributed by atoms with van der Waals surface area (Å²) in [5, 5.41) is 11.9. The minimum absolute atomic E-state index is 0.255. The van der Waals surface area contributed by atoms with E-state index in [0.717, 1.165) is 25.0 Å². The van der Waals surface area contributed by atoms with Crippen molar-refractivity contribution in [2.24, 2.45) is 5.92 Å². The minimum Gasteiger partial charge on any atom is -0.406 e. The number of nitriles is 1. The highest BCUT2D eigenvalue weighted by Gasteiger charge is 2.31. The second kappa shape index (κ2) is 8.77. The molecule has 2 aromatic rings. The standard InChI is InChI=1S/C19H18F3N5O2/c20-19(21,22)29-15-3-1-14(2-4-15)18(28)26-12-13-5-9-27(10-6-13)17-16(11-23)24-7-8-25-17/h1-4,7-8,13H,5-6,9-10,12H2,(H,26,28). The third-order valence-corrected chi connectivity index (χ3v) is 4.60. The van der Waals surface area contributed by atoms with Crippen molar-refractivity contribution in [3.63, 3.8) is 0 Å². The number of aromatic nitrogens is 2. The molecule has 7 nitrogen and oxygen atoms in total. The van der Waals surface area contributed by atoms with Gasteiger partial charge in [0.25, 0.3) is 5.91 Å². The van der Waals surface area contributed by atoms with Gasteiger partial charge in [0, 0.05) is 37.6 Å². The molecule has 0 saturated carbocycles. The van der Waals surface area contributed by atoms with Crippen LogP contribution in [-0.2, 0) is 0 Å². The maximum absolute atomic E-state index is 12.2. The molecule has 1 N–H and O–H groups in total. The second-order valence-corrected chi connectivity index (χ2v) is 6.55. The SMILES string of the molecule is N#Cc1nccnc1N1CCC(CNC(=O)c2ccc(OC(F)(F)F)cc2)CC1. The Morgan fingerprint density at radius 1 is 1.21 bits per heavy atom. The Hall–Kier alpha value is -3.35. The van der Waals surface area contributed by atoms with Crippen molar-refractivity contribution in [1.29, 1.82) is 5.26 Å². The number of anilines is 1. The fourth-order valence-corrected chi connectivity index (χ4v) is 3.14. The van der Waals surface area contributed by atoms with Crippen LogP contribution in [0, 0.1) is 17.2 Å². The van der Waals surface area contributed by atoms with Crippen LogP contribution < -0.4 is 15.0 Å². The van der Waals surface area contributed by atoms with Gasteiger partial charge in [-0.15, -0.1) is 13.2 Å². The summed E-state index contributed by atoms with van der Waals surface area (Å²) in [5.74, 6) is 0.0951. The van der Waals surface area contributed by atoms with E-state index in [1.807, 2.05) is 11.0 Å². The first kappa shape index (κ1) is 20.4. The summed E-state index contributed by atoms with van der Waals surface area (Å²) in [6, 6.07) is 6.82. The number of amides is 1. The van der Waals surface area contributed by atoms with Crippen LogP contribution in [0.15, 0.2) is 36.7 Å². The number of carbonyl (C=O) groups is 1. The molecule has 1 aliphatic heterocycles. The molecule has 0 bridgehead atoms. The number of hydrogen-bond donors (Lipinski definition) is 1. The monoisotopic (exact) mass is 405 g/mol. The van der Waals surface area contributed by atoms with Crippen molar-refractivity contribution in [3.05, 3.63) is 47.9 Å². The summed E-state index contributed by atoms with van der Waals surface area (Å²) < 4.78 is 40.3. The number of benzene rings is 1. The van der Waals surface area contributed by atoms with E-state index >= 15 is 0 Å². The minimum atomic E-state index is -4.77. The zero-order valence-electron chi connectivity index (χ0n) is 15.3. The summed E-state index contributed by atoms with van der Waals surface area (Å²) >= 11 is 0. The van der Waals surface area contributed by atoms with E-state index in [9.17, 15) is 18.0 Å². The van der Waals surface area contributed by atoms with Gasteiger partial charge in [-0.1, -0.05) is 0 Å². The highest BCUT2D eigenvalue weighted by atomic mass is 19.4. The smallest absolute Gasteiger partial charge is 0.406 e. The van der Waals surface area contributed by atoms with E-state index in [-0.39, 0.29) is 28.8 Å². The molecule has 29 heavy (non-hydrogen) atoms. The number of nitrogens with zero attached hydrogens (tertiary/aromatic N) is 4. The van der Waals surface area contributed by atoms with Gasteiger partial charge in [-0.3, -0.25) is 4.79 Å². The molecule has 1 fully saturated rings. The van der Waals surface area contributed by atoms with Crippen molar-refractivity contribution in [2.45, 2.75) is 19.2 Å². The quantitative estimate of drug-likeness (QED) is 0.823. The van der Waals surface area contributed by atoms with E-state index in [0.29, 0.717) is 25.5 Å². The van der Waals surface area contributed by atoms with Gasteiger partial charge in [-0.2, -0.15) is 5.26 Å². The topological polar surface area (TPSA) is 91.1 Å². The third-order valence-electron chi connectivity index (χ3n) is 4.60. The molecule has 1 saturated heterocycles. The number of hydrogen-bond acceptors (Lipinski definition) is 6. The first-order valence-electron chi connectivity index (χ1n) is 8.96. The van der Waals surface area contributed by atoms with E-state index in [2.05, 4.69) is 20.0 Å². The molecular weight excluding hydrogens is 387 g/mol. The molecule has 0 radical (unpaired) electrons. The Morgan fingerprint density at radius 2 is 1.86 bits per heavy atom. The average molecular weight is 405 g/mol. The number of ether oxygens (including phenoxy) is 1. The molecule has 1 aliphatic rings. The van der Waals surface area contributed by atoms with Crippen LogP contribution >= 0.6 is 0 Å². The number of halogens is 3. The lowest BCUT2D eigenvalue weighted by Gasteiger charge is -2.32. The highest BCUT2D eigenvalue weighted by molar-refractivity contribution is 5.94. The van der Waals surface area contributed by atoms with Crippen LogP contribution in [0.3, 0.4) is 0 Å². The molecule has 0 aliphatic carbocycles. The normalized spacial score (nSPS) is 14.9. The zero-order chi connectivity index (χ0) is 20.9. The van der Waals surface area contributed by atoms with Crippen LogP contribution in [0.1, 0.15) is 28.9 Å². The van der Waals surface area contributed by atoms with Crippen LogP contribution in [0.2, 0.25) is 0 Å². The molecule has 152 valence electrons. The molecule has 1 aromatic carbocycles. The van der Waals surface area contributed by atoms with Gasteiger partial charge in [0.2, 0.25) is 0 Å². The van der Waals surface area contributed by atoms with Gasteiger partial charge in [0.1, 0.15) is 11.8 Å². The molecule has 0 atom stereocenters. The predicted molar refractivity (Wildman–Crippen MR) is 97.1 cm³/mol. The number of alkyl halides is 3. The molecule has 1 amide bonds. The molecule has 2 heterocycles. The van der Waals surface area contributed by atoms with Crippen molar-refractivity contribution in [1.82, 2.24) is 15.3 Å². The van der Waals surface area contributed by atoms with Crippen molar-refractivity contribution >= 4 is 11.7 Å². The predicted octanol–water partition coefficient (Wildman–Crippen LogP) is 2.89. The lowest BCUT2D eigenvalue weighted by atomic mass is 9.96. The van der Waals surface area contributed by atoms with Gasteiger partial charge in [-0.05, 0) is 43.0 Å². The first-order chi connectivity index (χ1) is 13.9. The summed E-state index contributed by atoms with van der Waals surface area (Å²) in [5.41, 5.74) is 0.549. The largest absolute Gasteiger partial charge is 0.573 e. The first-order valence-corrected chi connectivity index (χ1v) is 8.96. The number of nitrogens with one attached hydrogen (secondary N) is 1. The van der Waals surface area contributed by atoms with E-state index in [1.54, 1.807) is 6.20 Å². The summed E-state index contributed by atoms with van der Waals surface area (Å²) in [7, 11) is 0. The van der Waals surface area contributed by atoms with Crippen LogP contribution in [0.5, 0.6) is 5.75 Å². The summed E-state index contributed by atoms with van der Waals surface area (Å²) in [6.45, 7) is 1.84. The number of piperidine rings is 1. The van der Waals surface area contributed by atoms with Gasteiger partial charge < -0.3 is 15.0 Å². The molecule has 0 spiro atoms. The molecule has 1 aromatic heterocycles. The van der Waals surface area contributed by atoms with Gasteiger partial charge in [-0.25, -0.2) is 9.97 Å². The van der Waals surface area contributed by atoms with Crippen molar-refractivity contribution in [2.75, 3.05) is 24.5 Å². The molecule has 10 heteroatoms. The maximum Gasteiger partial charge on any atom is 0.573 e. The van der Waals surface area contributed by atoms with Crippen LogP contribution in [0.4, 0.5) is 19.0 Å². The van der Waals surface area contributed by atoms with E-state index < -0.39 is 6.36 Å². The van der Waals surface area contributed by atoms with E-state index in [4.69, 9.17) is 5.26 Å². The second-order valence-electron chi connectivity index (χ2n) is 6.55. The highest BCUT2D eigenvalue weighted by Crippen LogP contribution is 2.24. The van der Waals surface area contributed by atoms with Gasteiger partial charge >= 0.3 is 6.36 Å². The fourth-order valence-electron chi connectivity index (χ4n) is 3.14. The third kappa shape index (κ3) is 5.57. The van der Waals surface area contributed by atoms with Gasteiger partial charge in [0.05, 0.1) is 0 Å². The lowest BCUT2D eigenvalue weighted by molar-refractivity contribution is -0.274.